The van der Waals surface area contributed by atoms with Crippen molar-refractivity contribution < 1.29 is 17.6 Å². The molecule has 0 saturated carbocycles. The fraction of sp³-hybridized carbons (Fsp3) is 0.444. The summed E-state index contributed by atoms with van der Waals surface area (Å²) in [5.41, 5.74) is 2.03. The van der Waals surface area contributed by atoms with Gasteiger partial charge in [0.05, 0.1) is 12.3 Å². The van der Waals surface area contributed by atoms with Gasteiger partial charge in [0.15, 0.2) is 5.89 Å². The second-order valence-corrected chi connectivity index (χ2v) is 8.67. The van der Waals surface area contributed by atoms with Gasteiger partial charge in [-0.15, -0.1) is 0 Å². The Bertz CT molecular complexity index is 843. The van der Waals surface area contributed by atoms with Crippen molar-refractivity contribution in [3.05, 3.63) is 53.2 Å². The first kappa shape index (κ1) is 17.7. The molecule has 25 heavy (non-hydrogen) atoms. The van der Waals surface area contributed by atoms with E-state index in [1.165, 1.54) is 5.56 Å². The third kappa shape index (κ3) is 4.92. The van der Waals surface area contributed by atoms with E-state index in [2.05, 4.69) is 17.1 Å². The minimum Gasteiger partial charge on any atom is -0.445 e. The van der Waals surface area contributed by atoms with E-state index in [0.29, 0.717) is 25.4 Å². The van der Waals surface area contributed by atoms with Gasteiger partial charge >= 0.3 is 0 Å². The summed E-state index contributed by atoms with van der Waals surface area (Å²) in [6.07, 6.45) is 3.37. The Morgan fingerprint density at radius 2 is 2.00 bits per heavy atom. The van der Waals surface area contributed by atoms with Crippen LogP contribution in [0.4, 0.5) is 0 Å². The highest BCUT2D eigenvalue weighted by molar-refractivity contribution is 7.90. The average Bonchev–Trinajstić information content (AvgIpc) is 3.00. The Morgan fingerprint density at radius 3 is 2.72 bits per heavy atom. The molecule has 6 nitrogen and oxygen atoms in total. The highest BCUT2D eigenvalue weighted by Crippen LogP contribution is 2.21. The van der Waals surface area contributed by atoms with Gasteiger partial charge in [-0.05, 0) is 12.0 Å². The van der Waals surface area contributed by atoms with E-state index in [9.17, 15) is 13.2 Å². The topological polar surface area (TPSA) is 80.5 Å². The Morgan fingerprint density at radius 1 is 1.24 bits per heavy atom. The van der Waals surface area contributed by atoms with E-state index in [1.54, 1.807) is 4.90 Å². The van der Waals surface area contributed by atoms with Crippen molar-refractivity contribution in [1.29, 1.82) is 0 Å². The highest BCUT2D eigenvalue weighted by Gasteiger charge is 2.25. The lowest BCUT2D eigenvalue weighted by Crippen LogP contribution is -2.36. The molecule has 7 heteroatoms. The van der Waals surface area contributed by atoms with Crippen LogP contribution in [-0.2, 0) is 40.4 Å². The number of aryl methyl sites for hydroxylation is 2. The van der Waals surface area contributed by atoms with E-state index in [0.717, 1.165) is 30.6 Å². The number of hydrogen-bond acceptors (Lipinski definition) is 5. The van der Waals surface area contributed by atoms with Crippen molar-refractivity contribution >= 4 is 15.7 Å². The number of carbonyl (C=O) groups is 1. The zero-order valence-electron chi connectivity index (χ0n) is 14.3. The van der Waals surface area contributed by atoms with Gasteiger partial charge in [0.1, 0.15) is 21.3 Å². The minimum absolute atomic E-state index is 0.0207. The van der Waals surface area contributed by atoms with Crippen LogP contribution in [0.2, 0.25) is 0 Å². The maximum absolute atomic E-state index is 12.2. The molecule has 1 aromatic heterocycles. The van der Waals surface area contributed by atoms with Gasteiger partial charge in [-0.25, -0.2) is 13.4 Å². The Labute approximate surface area is 147 Å². The monoisotopic (exact) mass is 362 g/mol. The molecule has 0 radical (unpaired) electrons. The van der Waals surface area contributed by atoms with Crippen LogP contribution in [-0.4, -0.2) is 42.8 Å². The molecule has 2 aromatic rings. The second kappa shape index (κ2) is 7.39. The summed E-state index contributed by atoms with van der Waals surface area (Å²) < 4.78 is 28.2. The van der Waals surface area contributed by atoms with E-state index in [-0.39, 0.29) is 18.1 Å². The molecule has 0 bridgehead atoms. The third-order valence-electron chi connectivity index (χ3n) is 4.28. The molecule has 2 heterocycles. The van der Waals surface area contributed by atoms with Crippen molar-refractivity contribution in [3.63, 3.8) is 0 Å². The number of sulfone groups is 1. The number of aromatic nitrogens is 1. The van der Waals surface area contributed by atoms with Crippen molar-refractivity contribution in [2.75, 3.05) is 18.6 Å². The maximum atomic E-state index is 12.2. The molecule has 1 aliphatic heterocycles. The quantitative estimate of drug-likeness (QED) is 0.782. The van der Waals surface area contributed by atoms with E-state index < -0.39 is 9.84 Å². The highest BCUT2D eigenvalue weighted by atomic mass is 32.2. The molecule has 134 valence electrons. The molecule has 0 saturated heterocycles. The van der Waals surface area contributed by atoms with Gasteiger partial charge in [-0.1, -0.05) is 30.3 Å². The molecule has 1 aliphatic rings. The molecule has 0 unspecified atom stereocenters. The lowest BCUT2D eigenvalue weighted by atomic mass is 10.1. The number of hydrogen-bond donors (Lipinski definition) is 0. The van der Waals surface area contributed by atoms with E-state index >= 15 is 0 Å². The third-order valence-corrected chi connectivity index (χ3v) is 5.23. The van der Waals surface area contributed by atoms with Crippen molar-refractivity contribution in [2.45, 2.75) is 32.2 Å². The number of rotatable bonds is 6. The number of amides is 1. The molecule has 0 atom stereocenters. The molecule has 0 aliphatic carbocycles. The summed E-state index contributed by atoms with van der Waals surface area (Å²) in [6, 6.07) is 10.2. The normalized spacial score (nSPS) is 14.4. The fourth-order valence-electron chi connectivity index (χ4n) is 2.90. The molecule has 1 aromatic carbocycles. The summed E-state index contributed by atoms with van der Waals surface area (Å²) >= 11 is 0. The second-order valence-electron chi connectivity index (χ2n) is 6.41. The van der Waals surface area contributed by atoms with Crippen LogP contribution in [0.15, 0.2) is 34.7 Å². The number of nitrogens with zero attached hydrogens (tertiary/aromatic N) is 2. The molecule has 1 amide bonds. The van der Waals surface area contributed by atoms with Crippen LogP contribution >= 0.6 is 0 Å². The Hall–Kier alpha value is -2.15. The summed E-state index contributed by atoms with van der Waals surface area (Å²) in [6.45, 7) is 0.940. The van der Waals surface area contributed by atoms with Gasteiger partial charge in [0.2, 0.25) is 5.91 Å². The van der Waals surface area contributed by atoms with Crippen molar-refractivity contribution in [3.8, 4) is 0 Å². The lowest BCUT2D eigenvalue weighted by Gasteiger charge is -2.25. The Balaban J connectivity index is 1.58. The van der Waals surface area contributed by atoms with Gasteiger partial charge in [0.25, 0.3) is 0 Å². The summed E-state index contributed by atoms with van der Waals surface area (Å²) in [5.74, 6) is 1.27. The molecular weight excluding hydrogens is 340 g/mol. The number of benzene rings is 1. The van der Waals surface area contributed by atoms with E-state index in [1.807, 2.05) is 18.2 Å². The van der Waals surface area contributed by atoms with Gasteiger partial charge in [-0.2, -0.15) is 0 Å². The molecule has 0 N–H and O–H groups in total. The van der Waals surface area contributed by atoms with Crippen LogP contribution in [0.25, 0.3) is 0 Å². The van der Waals surface area contributed by atoms with Gasteiger partial charge in [0, 0.05) is 32.1 Å². The zero-order chi connectivity index (χ0) is 17.9. The molecule has 3 rings (SSSR count). The number of fused-ring (bicyclic) bond motifs is 1. The lowest BCUT2D eigenvalue weighted by molar-refractivity contribution is -0.131. The largest absolute Gasteiger partial charge is 0.445 e. The molecular formula is C18H22N2O4S. The smallest absolute Gasteiger partial charge is 0.223 e. The summed E-state index contributed by atoms with van der Waals surface area (Å²) in [4.78, 5) is 18.4. The SMILES string of the molecule is CS(=O)(=O)CCC(=O)N1CCc2oc(CCc3ccccc3)nc2C1. The van der Waals surface area contributed by atoms with E-state index in [4.69, 9.17) is 4.42 Å². The molecule has 0 fully saturated rings. The first-order chi connectivity index (χ1) is 11.9. The summed E-state index contributed by atoms with van der Waals surface area (Å²) in [5, 5.41) is 0. The van der Waals surface area contributed by atoms with Gasteiger partial charge in [-0.3, -0.25) is 4.79 Å². The fourth-order valence-corrected chi connectivity index (χ4v) is 3.44. The number of oxazole rings is 1. The van der Waals surface area contributed by atoms with Crippen LogP contribution in [0, 0.1) is 0 Å². The first-order valence-electron chi connectivity index (χ1n) is 8.37. The molecule has 0 spiro atoms. The van der Waals surface area contributed by atoms with Crippen molar-refractivity contribution in [1.82, 2.24) is 9.88 Å². The van der Waals surface area contributed by atoms with Crippen molar-refractivity contribution in [2.24, 2.45) is 0 Å². The van der Waals surface area contributed by atoms with Crippen LogP contribution < -0.4 is 0 Å². The summed E-state index contributed by atoms with van der Waals surface area (Å²) in [7, 11) is -3.13. The maximum Gasteiger partial charge on any atom is 0.223 e. The average molecular weight is 362 g/mol. The predicted octanol–water partition coefficient (Wildman–Crippen LogP) is 1.78. The zero-order valence-corrected chi connectivity index (χ0v) is 15.1. The first-order valence-corrected chi connectivity index (χ1v) is 10.4. The Kier molecular flexibility index (Phi) is 5.22. The number of carbonyl (C=O) groups excluding carboxylic acids is 1. The minimum atomic E-state index is -3.13. The van der Waals surface area contributed by atoms with Gasteiger partial charge < -0.3 is 9.32 Å². The van der Waals surface area contributed by atoms with Crippen LogP contribution in [0.3, 0.4) is 0 Å². The van der Waals surface area contributed by atoms with Crippen LogP contribution in [0.5, 0.6) is 0 Å². The predicted molar refractivity (Wildman–Crippen MR) is 93.8 cm³/mol. The van der Waals surface area contributed by atoms with Crippen LogP contribution in [0.1, 0.15) is 29.3 Å². The standard InChI is InChI=1S/C18H22N2O4S/c1-25(22,23)12-10-18(21)20-11-9-16-15(13-20)19-17(24-16)8-7-14-5-3-2-4-6-14/h2-6H,7-13H2,1H3.